The fraction of sp³-hybridized carbons (Fsp3) is 0.385. The van der Waals surface area contributed by atoms with E-state index in [1.807, 2.05) is 29.2 Å². The van der Waals surface area contributed by atoms with Gasteiger partial charge in [-0.1, -0.05) is 36.4 Å². The van der Waals surface area contributed by atoms with Gasteiger partial charge in [-0.25, -0.2) is 10.3 Å². The molecule has 1 aromatic rings. The van der Waals surface area contributed by atoms with Gasteiger partial charge in [-0.05, 0) is 54.8 Å². The summed E-state index contributed by atoms with van der Waals surface area (Å²) in [6.45, 7) is 4.50. The van der Waals surface area contributed by atoms with Gasteiger partial charge in [-0.2, -0.15) is 0 Å². The molecular formula is C26H32N4O4. The molecule has 0 bridgehead atoms. The van der Waals surface area contributed by atoms with Crippen LogP contribution in [-0.2, 0) is 9.53 Å². The van der Waals surface area contributed by atoms with Crippen LogP contribution in [0.3, 0.4) is 0 Å². The maximum absolute atomic E-state index is 13.6. The molecule has 180 valence electrons. The number of rotatable bonds is 5. The van der Waals surface area contributed by atoms with Crippen molar-refractivity contribution in [3.8, 4) is 0 Å². The standard InChI is InChI=1S/C26H32N4O4/c1-28-12-10-21(11-13-28)23-6-3-7-24(18-23)30(26(32)29-14-16-34-17-15-29)19-20-4-2-5-22(9-8-20)25(31)27-33/h3-10,18,33H,2,11-17,19H2,1H3,(H,27,31). The second-order valence-electron chi connectivity index (χ2n) is 8.71. The largest absolute Gasteiger partial charge is 0.378 e. The molecule has 1 aromatic carbocycles. The monoisotopic (exact) mass is 464 g/mol. The van der Waals surface area contributed by atoms with Crippen molar-refractivity contribution < 1.29 is 19.5 Å². The quantitative estimate of drug-likeness (QED) is 0.517. The van der Waals surface area contributed by atoms with Gasteiger partial charge < -0.3 is 14.5 Å². The lowest BCUT2D eigenvalue weighted by molar-refractivity contribution is -0.124. The molecule has 2 N–H and O–H groups in total. The number of nitrogens with zero attached hydrogens (tertiary/aromatic N) is 3. The molecular weight excluding hydrogens is 432 g/mol. The number of benzene rings is 1. The minimum Gasteiger partial charge on any atom is -0.378 e. The maximum atomic E-state index is 13.6. The summed E-state index contributed by atoms with van der Waals surface area (Å²) in [5.41, 5.74) is 6.26. The number of ether oxygens (including phenoxy) is 1. The van der Waals surface area contributed by atoms with Crippen LogP contribution in [0.5, 0.6) is 0 Å². The highest BCUT2D eigenvalue weighted by molar-refractivity contribution is 5.96. The first-order chi connectivity index (χ1) is 16.5. The van der Waals surface area contributed by atoms with Crippen LogP contribution < -0.4 is 10.4 Å². The average molecular weight is 465 g/mol. The number of hydrogen-bond acceptors (Lipinski definition) is 5. The lowest BCUT2D eigenvalue weighted by Crippen LogP contribution is -2.49. The van der Waals surface area contributed by atoms with Gasteiger partial charge in [0, 0.05) is 37.4 Å². The van der Waals surface area contributed by atoms with Crippen LogP contribution in [0.1, 0.15) is 18.4 Å². The molecule has 34 heavy (non-hydrogen) atoms. The van der Waals surface area contributed by atoms with Crippen molar-refractivity contribution in [2.45, 2.75) is 12.8 Å². The van der Waals surface area contributed by atoms with Crippen molar-refractivity contribution in [2.75, 3.05) is 57.9 Å². The van der Waals surface area contributed by atoms with Crippen LogP contribution in [0.25, 0.3) is 5.57 Å². The number of hydrogen-bond donors (Lipinski definition) is 2. The average Bonchev–Trinajstić information content (AvgIpc) is 3.13. The van der Waals surface area contributed by atoms with Crippen LogP contribution in [0.15, 0.2) is 65.8 Å². The molecule has 2 aliphatic heterocycles. The van der Waals surface area contributed by atoms with E-state index in [1.165, 1.54) is 5.57 Å². The van der Waals surface area contributed by atoms with Gasteiger partial charge in [-0.3, -0.25) is 14.9 Å². The number of amides is 3. The Morgan fingerprint density at radius 3 is 2.68 bits per heavy atom. The summed E-state index contributed by atoms with van der Waals surface area (Å²) in [5, 5.41) is 8.94. The van der Waals surface area contributed by atoms with Gasteiger partial charge in [0.2, 0.25) is 0 Å². The normalized spacial score (nSPS) is 19.0. The Balaban J connectivity index is 1.60. The number of morpholine rings is 1. The summed E-state index contributed by atoms with van der Waals surface area (Å²) in [7, 11) is 2.12. The molecule has 0 aromatic heterocycles. The highest BCUT2D eigenvalue weighted by atomic mass is 16.5. The summed E-state index contributed by atoms with van der Waals surface area (Å²) in [6.07, 6.45) is 11.0. The van der Waals surface area contributed by atoms with E-state index in [1.54, 1.807) is 22.5 Å². The first-order valence-electron chi connectivity index (χ1n) is 11.7. The van der Waals surface area contributed by atoms with Gasteiger partial charge in [-0.15, -0.1) is 0 Å². The van der Waals surface area contributed by atoms with E-state index >= 15 is 0 Å². The van der Waals surface area contributed by atoms with Crippen LogP contribution in [0.4, 0.5) is 10.5 Å². The molecule has 8 heteroatoms. The summed E-state index contributed by atoms with van der Waals surface area (Å²) in [4.78, 5) is 31.3. The van der Waals surface area contributed by atoms with Gasteiger partial charge >= 0.3 is 6.03 Å². The molecule has 0 radical (unpaired) electrons. The lowest BCUT2D eigenvalue weighted by Gasteiger charge is -2.33. The van der Waals surface area contributed by atoms with Crippen LogP contribution >= 0.6 is 0 Å². The van der Waals surface area contributed by atoms with Crippen molar-refractivity contribution in [3.63, 3.8) is 0 Å². The van der Waals surface area contributed by atoms with E-state index in [0.717, 1.165) is 36.3 Å². The second-order valence-corrected chi connectivity index (χ2v) is 8.71. The van der Waals surface area contributed by atoms with Gasteiger partial charge in [0.1, 0.15) is 0 Å². The number of hydroxylamine groups is 1. The Hall–Kier alpha value is -3.20. The summed E-state index contributed by atoms with van der Waals surface area (Å²) in [6, 6.07) is 8.12. The third-order valence-corrected chi connectivity index (χ3v) is 6.35. The minimum absolute atomic E-state index is 0.0577. The highest BCUT2D eigenvalue weighted by Crippen LogP contribution is 2.27. The number of allylic oxidation sites excluding steroid dienone is 2. The zero-order valence-corrected chi connectivity index (χ0v) is 19.6. The molecule has 3 aliphatic rings. The van der Waals surface area contributed by atoms with Crippen molar-refractivity contribution in [3.05, 3.63) is 71.4 Å². The number of carbonyl (C=O) groups is 2. The van der Waals surface area contributed by atoms with E-state index < -0.39 is 5.91 Å². The van der Waals surface area contributed by atoms with Crippen molar-refractivity contribution >= 4 is 23.2 Å². The van der Waals surface area contributed by atoms with Gasteiger partial charge in [0.05, 0.1) is 19.8 Å². The zero-order chi connectivity index (χ0) is 23.9. The predicted molar refractivity (Wildman–Crippen MR) is 132 cm³/mol. The fourth-order valence-corrected chi connectivity index (χ4v) is 4.30. The lowest BCUT2D eigenvalue weighted by atomic mass is 9.99. The zero-order valence-electron chi connectivity index (χ0n) is 19.6. The van der Waals surface area contributed by atoms with Gasteiger partial charge in [0.25, 0.3) is 5.91 Å². The topological polar surface area (TPSA) is 85.3 Å². The molecule has 3 amide bonds. The molecule has 0 spiro atoms. The number of likely N-dealkylation sites (N-methyl/N-ethyl adjacent to an activating group) is 1. The Morgan fingerprint density at radius 2 is 1.94 bits per heavy atom. The molecule has 0 atom stereocenters. The Bertz CT molecular complexity index is 1040. The van der Waals surface area contributed by atoms with Gasteiger partial charge in [0.15, 0.2) is 0 Å². The Morgan fingerprint density at radius 1 is 1.12 bits per heavy atom. The van der Waals surface area contributed by atoms with Crippen LogP contribution in [0, 0.1) is 0 Å². The van der Waals surface area contributed by atoms with Crippen molar-refractivity contribution in [1.29, 1.82) is 0 Å². The van der Waals surface area contributed by atoms with E-state index in [2.05, 4.69) is 30.2 Å². The molecule has 1 saturated heterocycles. The number of nitrogens with one attached hydrogen (secondary N) is 1. The fourth-order valence-electron chi connectivity index (χ4n) is 4.30. The van der Waals surface area contributed by atoms with E-state index in [-0.39, 0.29) is 6.03 Å². The maximum Gasteiger partial charge on any atom is 0.324 e. The molecule has 2 heterocycles. The third kappa shape index (κ3) is 5.83. The van der Waals surface area contributed by atoms with Crippen LogP contribution in [0.2, 0.25) is 0 Å². The van der Waals surface area contributed by atoms with E-state index in [9.17, 15) is 9.59 Å². The second kappa shape index (κ2) is 11.3. The van der Waals surface area contributed by atoms with Crippen molar-refractivity contribution in [2.24, 2.45) is 0 Å². The highest BCUT2D eigenvalue weighted by Gasteiger charge is 2.25. The van der Waals surface area contributed by atoms with Crippen molar-refractivity contribution in [1.82, 2.24) is 15.3 Å². The Kier molecular flexibility index (Phi) is 7.95. The molecule has 1 aliphatic carbocycles. The summed E-state index contributed by atoms with van der Waals surface area (Å²) < 4.78 is 5.44. The third-order valence-electron chi connectivity index (χ3n) is 6.35. The smallest absolute Gasteiger partial charge is 0.324 e. The molecule has 0 saturated carbocycles. The predicted octanol–water partition coefficient (Wildman–Crippen LogP) is 2.98. The first kappa shape index (κ1) is 23.9. The number of anilines is 1. The van der Waals surface area contributed by atoms with E-state index in [4.69, 9.17) is 9.94 Å². The first-order valence-corrected chi connectivity index (χ1v) is 11.7. The molecule has 1 fully saturated rings. The minimum atomic E-state index is -0.550. The number of carbonyl (C=O) groups excluding carboxylic acids is 2. The summed E-state index contributed by atoms with van der Waals surface area (Å²) in [5.74, 6) is -0.550. The van der Waals surface area contributed by atoms with E-state index in [0.29, 0.717) is 44.8 Å². The number of urea groups is 1. The molecule has 8 nitrogen and oxygen atoms in total. The summed E-state index contributed by atoms with van der Waals surface area (Å²) >= 11 is 0. The SMILES string of the molecule is CN1CC=C(c2cccc(N(CC3=CCC=C(C(=O)NO)C=C3)C(=O)N3CCOCC3)c2)CC1. The molecule has 4 rings (SSSR count). The Labute approximate surface area is 200 Å². The molecule has 0 unspecified atom stereocenters. The van der Waals surface area contributed by atoms with Crippen LogP contribution in [-0.4, -0.2) is 79.9 Å².